The van der Waals surface area contributed by atoms with Crippen molar-refractivity contribution in [3.8, 4) is 0 Å². The number of nitrogens with zero attached hydrogens (tertiary/aromatic N) is 6. The van der Waals surface area contributed by atoms with Crippen LogP contribution in [0, 0.1) is 16.7 Å². The van der Waals surface area contributed by atoms with Gasteiger partial charge in [-0.05, 0) is 63.0 Å². The fourth-order valence-electron chi connectivity index (χ4n) is 6.92. The molecule has 9 nitrogen and oxygen atoms in total. The maximum atomic E-state index is 12.9. The maximum Gasteiger partial charge on any atom is 0.435 e. The second-order valence-corrected chi connectivity index (χ2v) is 12.1. The van der Waals surface area contributed by atoms with Crippen LogP contribution in [0.5, 0.6) is 0 Å². The SMILES string of the molecule is O=C(N1CC2(CC(Cc3ccc(C(F)(F)F)nn3)C2)C1)N1CC2(CC(c3nc(C4(O)CC4)n[nH]3)C2)C1. The highest BCUT2D eigenvalue weighted by molar-refractivity contribution is 5.77. The van der Waals surface area contributed by atoms with Gasteiger partial charge in [0.15, 0.2) is 11.5 Å². The van der Waals surface area contributed by atoms with E-state index in [0.717, 1.165) is 76.6 Å². The molecule has 7 rings (SSSR count). The zero-order chi connectivity index (χ0) is 24.9. The van der Waals surface area contributed by atoms with Crippen LogP contribution in [0.15, 0.2) is 12.1 Å². The Kier molecular flexibility index (Phi) is 4.47. The molecule has 36 heavy (non-hydrogen) atoms. The molecule has 2 aliphatic heterocycles. The predicted octanol–water partition coefficient (Wildman–Crippen LogP) is 2.85. The van der Waals surface area contributed by atoms with E-state index in [0.29, 0.717) is 29.8 Å². The normalized spacial score (nSPS) is 25.8. The Morgan fingerprint density at radius 3 is 2.22 bits per heavy atom. The van der Waals surface area contributed by atoms with Crippen molar-refractivity contribution < 1.29 is 23.1 Å². The minimum Gasteiger partial charge on any atom is -0.382 e. The molecule has 12 heteroatoms. The second-order valence-electron chi connectivity index (χ2n) is 12.1. The Morgan fingerprint density at radius 1 is 1.03 bits per heavy atom. The number of aromatic amines is 1. The molecule has 0 aromatic carbocycles. The summed E-state index contributed by atoms with van der Waals surface area (Å²) in [6, 6.07) is 2.52. The van der Waals surface area contributed by atoms with Crippen LogP contribution in [-0.2, 0) is 18.2 Å². The summed E-state index contributed by atoms with van der Waals surface area (Å²) in [6.45, 7) is 3.09. The molecule has 5 aliphatic rings. The second kappa shape index (κ2) is 7.17. The topological polar surface area (TPSA) is 111 Å². The fourth-order valence-corrected chi connectivity index (χ4v) is 6.92. The number of urea groups is 1. The van der Waals surface area contributed by atoms with Gasteiger partial charge in [-0.15, -0.1) is 5.10 Å². The standard InChI is InChI=1S/C24H28F3N7O2/c25-24(26,27)17-2-1-16(29-30-17)5-14-6-21(7-14)10-33(11-21)20(35)34-12-22(13-34)8-15(9-22)18-28-19(32-31-18)23(36)3-4-23/h1-2,14-15,36H,3-13H2,(H,28,31,32). The average molecular weight is 504 g/mol. The number of H-pyrrole nitrogens is 1. The summed E-state index contributed by atoms with van der Waals surface area (Å²) in [5.41, 5.74) is -0.836. The first-order chi connectivity index (χ1) is 17.0. The molecule has 3 aliphatic carbocycles. The number of nitrogens with one attached hydrogen (secondary N) is 1. The highest BCUT2D eigenvalue weighted by atomic mass is 19.4. The van der Waals surface area contributed by atoms with Crippen molar-refractivity contribution in [2.24, 2.45) is 16.7 Å². The van der Waals surface area contributed by atoms with Crippen molar-refractivity contribution >= 4 is 6.03 Å². The fraction of sp³-hybridized carbons (Fsp3) is 0.708. The molecule has 0 radical (unpaired) electrons. The number of likely N-dealkylation sites (tertiary alicyclic amines) is 2. The summed E-state index contributed by atoms with van der Waals surface area (Å²) in [4.78, 5) is 21.3. The Balaban J connectivity index is 0.840. The summed E-state index contributed by atoms with van der Waals surface area (Å²) in [5, 5.41) is 24.4. The third-order valence-electron chi connectivity index (χ3n) is 8.99. The van der Waals surface area contributed by atoms with E-state index in [2.05, 4.69) is 25.4 Å². The summed E-state index contributed by atoms with van der Waals surface area (Å²) in [6.07, 6.45) is 1.53. The lowest BCUT2D eigenvalue weighted by Gasteiger charge is -2.63. The Bertz CT molecular complexity index is 1180. The van der Waals surface area contributed by atoms with Gasteiger partial charge in [-0.25, -0.2) is 9.78 Å². The molecular formula is C24H28F3N7O2. The van der Waals surface area contributed by atoms with Gasteiger partial charge in [0.05, 0.1) is 5.69 Å². The van der Waals surface area contributed by atoms with Crippen LogP contribution < -0.4 is 0 Å². The number of amides is 2. The molecule has 3 saturated carbocycles. The van der Waals surface area contributed by atoms with Crippen molar-refractivity contribution in [1.82, 2.24) is 35.2 Å². The van der Waals surface area contributed by atoms with Crippen LogP contribution in [-0.4, -0.2) is 72.5 Å². The van der Waals surface area contributed by atoms with E-state index in [9.17, 15) is 23.1 Å². The number of alkyl halides is 3. The Hall–Kier alpha value is -2.76. The molecule has 0 bridgehead atoms. The van der Waals surface area contributed by atoms with E-state index in [-0.39, 0.29) is 16.9 Å². The summed E-state index contributed by atoms with van der Waals surface area (Å²) in [5.74, 6) is 2.07. The maximum absolute atomic E-state index is 12.9. The summed E-state index contributed by atoms with van der Waals surface area (Å²) >= 11 is 0. The molecule has 2 aromatic heterocycles. The van der Waals surface area contributed by atoms with Gasteiger partial charge in [0.2, 0.25) is 0 Å². The number of carbonyl (C=O) groups is 1. The number of carbonyl (C=O) groups excluding carboxylic acids is 1. The third-order valence-corrected chi connectivity index (χ3v) is 8.99. The van der Waals surface area contributed by atoms with Gasteiger partial charge in [0.1, 0.15) is 11.4 Å². The van der Waals surface area contributed by atoms with Gasteiger partial charge < -0.3 is 14.9 Å². The molecule has 2 aromatic rings. The van der Waals surface area contributed by atoms with Crippen LogP contribution >= 0.6 is 0 Å². The molecule has 0 atom stereocenters. The molecule has 5 fully saturated rings. The first kappa shape index (κ1) is 22.4. The smallest absolute Gasteiger partial charge is 0.382 e. The lowest BCUT2D eigenvalue weighted by molar-refractivity contribution is -0.141. The number of halogens is 3. The van der Waals surface area contributed by atoms with Crippen molar-refractivity contribution in [2.45, 2.75) is 62.6 Å². The first-order valence-electron chi connectivity index (χ1n) is 12.6. The first-order valence-corrected chi connectivity index (χ1v) is 12.6. The monoisotopic (exact) mass is 503 g/mol. The summed E-state index contributed by atoms with van der Waals surface area (Å²) < 4.78 is 37.9. The highest BCUT2D eigenvalue weighted by Crippen LogP contribution is 2.57. The lowest BCUT2D eigenvalue weighted by atomic mass is 9.56. The molecule has 2 saturated heterocycles. The van der Waals surface area contributed by atoms with Crippen LogP contribution in [0.25, 0.3) is 0 Å². The minimum absolute atomic E-state index is 0.115. The Morgan fingerprint density at radius 2 is 1.67 bits per heavy atom. The van der Waals surface area contributed by atoms with Gasteiger partial charge in [0.25, 0.3) is 0 Å². The van der Waals surface area contributed by atoms with Gasteiger partial charge >= 0.3 is 12.2 Å². The summed E-state index contributed by atoms with van der Waals surface area (Å²) in [7, 11) is 0. The van der Waals surface area contributed by atoms with E-state index in [1.54, 1.807) is 0 Å². The lowest BCUT2D eigenvalue weighted by Crippen LogP contribution is -2.71. The van der Waals surface area contributed by atoms with Gasteiger partial charge in [-0.1, -0.05) is 0 Å². The van der Waals surface area contributed by atoms with Crippen molar-refractivity contribution in [2.75, 3.05) is 26.2 Å². The van der Waals surface area contributed by atoms with E-state index < -0.39 is 17.5 Å². The number of aromatic nitrogens is 5. The highest BCUT2D eigenvalue weighted by Gasteiger charge is 2.59. The quantitative estimate of drug-likeness (QED) is 0.664. The van der Waals surface area contributed by atoms with Gasteiger partial charge in [-0.2, -0.15) is 23.4 Å². The van der Waals surface area contributed by atoms with Gasteiger partial charge in [-0.3, -0.25) is 5.10 Å². The van der Waals surface area contributed by atoms with E-state index in [1.165, 1.54) is 6.07 Å². The van der Waals surface area contributed by atoms with Crippen LogP contribution in [0.4, 0.5) is 18.0 Å². The number of hydrogen-bond acceptors (Lipinski definition) is 6. The molecule has 2 N–H and O–H groups in total. The zero-order valence-electron chi connectivity index (χ0n) is 19.8. The largest absolute Gasteiger partial charge is 0.435 e. The third kappa shape index (κ3) is 3.59. The van der Waals surface area contributed by atoms with Crippen LogP contribution in [0.1, 0.15) is 67.5 Å². The van der Waals surface area contributed by atoms with Crippen molar-refractivity contribution in [3.05, 3.63) is 35.2 Å². The molecule has 4 heterocycles. The minimum atomic E-state index is -4.47. The predicted molar refractivity (Wildman–Crippen MR) is 118 cm³/mol. The average Bonchev–Trinajstić information content (AvgIpc) is 3.27. The van der Waals surface area contributed by atoms with Crippen LogP contribution in [0.3, 0.4) is 0 Å². The van der Waals surface area contributed by atoms with Crippen molar-refractivity contribution in [3.63, 3.8) is 0 Å². The molecule has 192 valence electrons. The van der Waals surface area contributed by atoms with Crippen molar-refractivity contribution in [1.29, 1.82) is 0 Å². The van der Waals surface area contributed by atoms with Crippen LogP contribution in [0.2, 0.25) is 0 Å². The van der Waals surface area contributed by atoms with E-state index >= 15 is 0 Å². The van der Waals surface area contributed by atoms with E-state index in [1.807, 2.05) is 9.80 Å². The van der Waals surface area contributed by atoms with Gasteiger partial charge in [0, 0.05) is 42.9 Å². The number of hydrogen-bond donors (Lipinski definition) is 2. The molecular weight excluding hydrogens is 475 g/mol. The van der Waals surface area contributed by atoms with E-state index in [4.69, 9.17) is 0 Å². The molecule has 2 spiro atoms. The zero-order valence-corrected chi connectivity index (χ0v) is 19.8. The Labute approximate surface area is 205 Å². The molecule has 2 amide bonds. The number of rotatable bonds is 4. The molecule has 0 unspecified atom stereocenters. The number of aliphatic hydroxyl groups is 1.